The number of nitrogens with zero attached hydrogens (tertiary/aromatic N) is 2. The molecule has 1 aliphatic heterocycles. The van der Waals surface area contributed by atoms with Crippen molar-refractivity contribution in [3.05, 3.63) is 17.5 Å². The summed E-state index contributed by atoms with van der Waals surface area (Å²) in [4.78, 5) is 20.0. The fourth-order valence-electron chi connectivity index (χ4n) is 3.86. The Hall–Kier alpha value is -1.90. The van der Waals surface area contributed by atoms with Gasteiger partial charge in [0.25, 0.3) is 5.91 Å². The first-order valence-corrected chi connectivity index (χ1v) is 9.89. The third kappa shape index (κ3) is 5.56. The summed E-state index contributed by atoms with van der Waals surface area (Å²) in [6, 6.07) is 0.0537. The molecule has 1 amide bonds. The van der Waals surface area contributed by atoms with Gasteiger partial charge in [0.2, 0.25) is 5.95 Å². The molecule has 1 aromatic rings. The average molecular weight is 400 g/mol. The number of carbonyl (C=O) groups excluding carboxylic acids is 1. The summed E-state index contributed by atoms with van der Waals surface area (Å²) < 4.78 is 45.8. The molecule has 2 heterocycles. The SMILES string of the molecule is C[C@@H]1CCC[C@H](Nc2ncc(C(=O)NCC3CCOCC3)c(C(F)(F)F)n2)C1. The Morgan fingerprint density at radius 3 is 2.68 bits per heavy atom. The Kier molecular flexibility index (Phi) is 6.74. The normalized spacial score (nSPS) is 24.0. The monoisotopic (exact) mass is 400 g/mol. The predicted molar refractivity (Wildman–Crippen MR) is 98.0 cm³/mol. The molecule has 0 unspecified atom stereocenters. The molecule has 2 atom stereocenters. The Balaban J connectivity index is 1.70. The number of rotatable bonds is 5. The molecule has 2 aliphatic rings. The highest BCUT2D eigenvalue weighted by atomic mass is 19.4. The van der Waals surface area contributed by atoms with Crippen LogP contribution in [0.2, 0.25) is 0 Å². The topological polar surface area (TPSA) is 76.1 Å². The zero-order chi connectivity index (χ0) is 20.1. The molecule has 0 aromatic carbocycles. The van der Waals surface area contributed by atoms with Crippen molar-refractivity contribution in [1.29, 1.82) is 0 Å². The zero-order valence-corrected chi connectivity index (χ0v) is 16.0. The maximum Gasteiger partial charge on any atom is 0.434 e. The Labute approximate surface area is 162 Å². The molecule has 1 saturated heterocycles. The number of carbonyl (C=O) groups is 1. The quantitative estimate of drug-likeness (QED) is 0.789. The molecule has 28 heavy (non-hydrogen) atoms. The lowest BCUT2D eigenvalue weighted by Crippen LogP contribution is -2.34. The molecule has 0 spiro atoms. The molecule has 0 bridgehead atoms. The summed E-state index contributed by atoms with van der Waals surface area (Å²) >= 11 is 0. The number of ether oxygens (including phenoxy) is 1. The summed E-state index contributed by atoms with van der Waals surface area (Å²) in [6.07, 6.45) is 1.71. The molecule has 6 nitrogen and oxygen atoms in total. The molecule has 0 radical (unpaired) electrons. The number of aromatic nitrogens is 2. The van der Waals surface area contributed by atoms with Gasteiger partial charge in [-0.2, -0.15) is 13.2 Å². The minimum atomic E-state index is -4.73. The van der Waals surface area contributed by atoms with Crippen LogP contribution < -0.4 is 10.6 Å². The minimum Gasteiger partial charge on any atom is -0.381 e. The van der Waals surface area contributed by atoms with E-state index in [9.17, 15) is 18.0 Å². The fourth-order valence-corrected chi connectivity index (χ4v) is 3.86. The number of alkyl halides is 3. The third-order valence-corrected chi connectivity index (χ3v) is 5.46. The van der Waals surface area contributed by atoms with E-state index in [0.29, 0.717) is 25.7 Å². The van der Waals surface area contributed by atoms with E-state index in [2.05, 4.69) is 27.5 Å². The Morgan fingerprint density at radius 1 is 1.25 bits per heavy atom. The summed E-state index contributed by atoms with van der Waals surface area (Å²) in [5.74, 6) is -0.144. The van der Waals surface area contributed by atoms with Crippen molar-refractivity contribution in [2.75, 3.05) is 25.1 Å². The lowest BCUT2D eigenvalue weighted by atomic mass is 9.87. The molecular weight excluding hydrogens is 373 g/mol. The van der Waals surface area contributed by atoms with E-state index in [0.717, 1.165) is 44.7 Å². The maximum absolute atomic E-state index is 13.5. The van der Waals surface area contributed by atoms with Gasteiger partial charge < -0.3 is 15.4 Å². The summed E-state index contributed by atoms with van der Waals surface area (Å²) in [7, 11) is 0. The largest absolute Gasteiger partial charge is 0.434 e. The van der Waals surface area contributed by atoms with Gasteiger partial charge in [0.05, 0.1) is 5.56 Å². The van der Waals surface area contributed by atoms with Gasteiger partial charge in [-0.25, -0.2) is 9.97 Å². The Morgan fingerprint density at radius 2 is 2.00 bits per heavy atom. The van der Waals surface area contributed by atoms with Crippen LogP contribution >= 0.6 is 0 Å². The van der Waals surface area contributed by atoms with Gasteiger partial charge in [-0.05, 0) is 37.5 Å². The summed E-state index contributed by atoms with van der Waals surface area (Å²) in [5.41, 5.74) is -1.74. The van der Waals surface area contributed by atoms with Crippen LogP contribution in [-0.4, -0.2) is 41.7 Å². The van der Waals surface area contributed by atoms with Crippen molar-refractivity contribution in [2.45, 2.75) is 57.7 Å². The van der Waals surface area contributed by atoms with Gasteiger partial charge in [0.1, 0.15) is 0 Å². The van der Waals surface area contributed by atoms with Crippen molar-refractivity contribution < 1.29 is 22.7 Å². The van der Waals surface area contributed by atoms with Crippen LogP contribution in [0, 0.1) is 11.8 Å². The molecule has 9 heteroatoms. The molecule has 3 rings (SSSR count). The second-order valence-corrected chi connectivity index (χ2v) is 7.83. The van der Waals surface area contributed by atoms with E-state index in [1.54, 1.807) is 0 Å². The van der Waals surface area contributed by atoms with Crippen LogP contribution in [0.3, 0.4) is 0 Å². The highest BCUT2D eigenvalue weighted by Crippen LogP contribution is 2.32. The minimum absolute atomic E-state index is 0.0537. The van der Waals surface area contributed by atoms with Gasteiger partial charge in [0, 0.05) is 32.0 Å². The van der Waals surface area contributed by atoms with Gasteiger partial charge in [-0.1, -0.05) is 19.8 Å². The van der Waals surface area contributed by atoms with Crippen LogP contribution in [0.25, 0.3) is 0 Å². The van der Waals surface area contributed by atoms with Crippen molar-refractivity contribution in [2.24, 2.45) is 11.8 Å². The Bertz CT molecular complexity index is 678. The molecule has 1 saturated carbocycles. The van der Waals surface area contributed by atoms with Gasteiger partial charge in [0.15, 0.2) is 5.69 Å². The maximum atomic E-state index is 13.5. The van der Waals surface area contributed by atoms with E-state index in [1.165, 1.54) is 0 Å². The molecule has 1 aromatic heterocycles. The first-order valence-electron chi connectivity index (χ1n) is 9.89. The molecule has 1 aliphatic carbocycles. The number of hydrogen-bond donors (Lipinski definition) is 2. The number of hydrogen-bond acceptors (Lipinski definition) is 5. The summed E-state index contributed by atoms with van der Waals surface area (Å²) in [6.45, 7) is 3.66. The first-order chi connectivity index (χ1) is 13.3. The van der Waals surface area contributed by atoms with E-state index < -0.39 is 23.3 Å². The first kappa shape index (κ1) is 20.8. The number of nitrogens with one attached hydrogen (secondary N) is 2. The fraction of sp³-hybridized carbons (Fsp3) is 0.737. The third-order valence-electron chi connectivity index (χ3n) is 5.46. The lowest BCUT2D eigenvalue weighted by Gasteiger charge is -2.27. The van der Waals surface area contributed by atoms with E-state index in [1.807, 2.05) is 0 Å². The number of anilines is 1. The molecular formula is C19H27F3N4O2. The van der Waals surface area contributed by atoms with E-state index in [4.69, 9.17) is 4.74 Å². The predicted octanol–water partition coefficient (Wildman–Crippen LogP) is 3.64. The van der Waals surface area contributed by atoms with Crippen molar-refractivity contribution in [3.8, 4) is 0 Å². The highest BCUT2D eigenvalue weighted by molar-refractivity contribution is 5.95. The highest BCUT2D eigenvalue weighted by Gasteiger charge is 2.38. The second kappa shape index (κ2) is 9.07. The molecule has 2 fully saturated rings. The smallest absolute Gasteiger partial charge is 0.381 e. The lowest BCUT2D eigenvalue weighted by molar-refractivity contribution is -0.141. The van der Waals surface area contributed by atoms with Crippen LogP contribution in [0.1, 0.15) is 61.5 Å². The van der Waals surface area contributed by atoms with Gasteiger partial charge >= 0.3 is 6.18 Å². The van der Waals surface area contributed by atoms with Crippen LogP contribution in [0.5, 0.6) is 0 Å². The average Bonchev–Trinajstić information content (AvgIpc) is 2.66. The van der Waals surface area contributed by atoms with Crippen molar-refractivity contribution in [3.63, 3.8) is 0 Å². The van der Waals surface area contributed by atoms with Crippen LogP contribution in [-0.2, 0) is 10.9 Å². The number of halogens is 3. The van der Waals surface area contributed by atoms with E-state index in [-0.39, 0.29) is 17.9 Å². The van der Waals surface area contributed by atoms with E-state index >= 15 is 0 Å². The van der Waals surface area contributed by atoms with Crippen molar-refractivity contribution >= 4 is 11.9 Å². The number of amides is 1. The van der Waals surface area contributed by atoms with Gasteiger partial charge in [-0.3, -0.25) is 4.79 Å². The van der Waals surface area contributed by atoms with Crippen molar-refractivity contribution in [1.82, 2.24) is 15.3 Å². The summed E-state index contributed by atoms with van der Waals surface area (Å²) in [5, 5.41) is 5.60. The van der Waals surface area contributed by atoms with Crippen LogP contribution in [0.4, 0.5) is 19.1 Å². The van der Waals surface area contributed by atoms with Gasteiger partial charge in [-0.15, -0.1) is 0 Å². The molecule has 156 valence electrons. The standard InChI is InChI=1S/C19H27F3N4O2/c1-12-3-2-4-14(9-12)25-18-24-11-15(16(26-18)19(20,21)22)17(27)23-10-13-5-7-28-8-6-13/h11-14H,2-10H2,1H3,(H,23,27)(H,24,25,26)/t12-,14+/m1/s1. The second-order valence-electron chi connectivity index (χ2n) is 7.83. The zero-order valence-electron chi connectivity index (χ0n) is 16.0. The molecule has 2 N–H and O–H groups in total. The van der Waals surface area contributed by atoms with Crippen LogP contribution in [0.15, 0.2) is 6.20 Å².